The molecule has 92 valence electrons. The van der Waals surface area contributed by atoms with Gasteiger partial charge in [-0.25, -0.2) is 0 Å². The number of hydrogen-bond donors (Lipinski definition) is 0. The number of nitrogens with zero attached hydrogens (tertiary/aromatic N) is 1. The molecule has 0 bridgehead atoms. The summed E-state index contributed by atoms with van der Waals surface area (Å²) >= 11 is 3.43. The van der Waals surface area contributed by atoms with Crippen molar-refractivity contribution in [3.63, 3.8) is 0 Å². The van der Waals surface area contributed by atoms with Gasteiger partial charge in [-0.15, -0.1) is 0 Å². The van der Waals surface area contributed by atoms with E-state index in [1.807, 2.05) is 30.0 Å². The van der Waals surface area contributed by atoms with Gasteiger partial charge in [0.25, 0.3) is 5.91 Å². The van der Waals surface area contributed by atoms with Gasteiger partial charge in [0.2, 0.25) is 0 Å². The maximum atomic E-state index is 12.4. The molecule has 2 nitrogen and oxygen atoms in total. The molecule has 1 saturated heterocycles. The zero-order valence-electron chi connectivity index (χ0n) is 10.5. The van der Waals surface area contributed by atoms with Crippen molar-refractivity contribution in [1.29, 1.82) is 0 Å². The van der Waals surface area contributed by atoms with Crippen LogP contribution >= 0.6 is 15.9 Å². The minimum atomic E-state index is 0.167. The third kappa shape index (κ3) is 2.54. The highest BCUT2D eigenvalue weighted by atomic mass is 79.9. The Kier molecular flexibility index (Phi) is 3.57. The van der Waals surface area contributed by atoms with E-state index in [1.165, 1.54) is 0 Å². The molecule has 0 N–H and O–H groups in total. The van der Waals surface area contributed by atoms with Gasteiger partial charge < -0.3 is 4.90 Å². The van der Waals surface area contributed by atoms with Crippen molar-refractivity contribution in [2.24, 2.45) is 11.8 Å². The first-order valence-electron chi connectivity index (χ1n) is 6.04. The molecule has 0 radical (unpaired) electrons. The summed E-state index contributed by atoms with van der Waals surface area (Å²) < 4.78 is 0.965. The first kappa shape index (κ1) is 12.6. The molecule has 0 spiro atoms. The first-order chi connectivity index (χ1) is 7.99. The molecular weight excluding hydrogens is 278 g/mol. The number of aryl methyl sites for hydroxylation is 1. The summed E-state index contributed by atoms with van der Waals surface area (Å²) in [5.74, 6) is 1.37. The SMILES string of the molecule is Cc1ccc(Br)cc1C(=O)N1CC(C)C(C)C1. The third-order valence-corrected chi connectivity index (χ3v) is 4.20. The van der Waals surface area contributed by atoms with Crippen LogP contribution in [0.15, 0.2) is 22.7 Å². The summed E-state index contributed by atoms with van der Waals surface area (Å²) in [6, 6.07) is 5.88. The Hall–Kier alpha value is -0.830. The molecule has 2 unspecified atom stereocenters. The number of benzene rings is 1. The highest BCUT2D eigenvalue weighted by Crippen LogP contribution is 2.25. The predicted molar refractivity (Wildman–Crippen MR) is 73.1 cm³/mol. The molecule has 2 rings (SSSR count). The lowest BCUT2D eigenvalue weighted by Gasteiger charge is -2.17. The molecule has 1 heterocycles. The summed E-state index contributed by atoms with van der Waals surface area (Å²) in [6.45, 7) is 8.18. The number of amides is 1. The van der Waals surface area contributed by atoms with Crippen LogP contribution in [0.5, 0.6) is 0 Å². The van der Waals surface area contributed by atoms with E-state index in [9.17, 15) is 4.79 Å². The lowest BCUT2D eigenvalue weighted by Crippen LogP contribution is -2.29. The van der Waals surface area contributed by atoms with E-state index < -0.39 is 0 Å². The summed E-state index contributed by atoms with van der Waals surface area (Å²) in [7, 11) is 0. The summed E-state index contributed by atoms with van der Waals surface area (Å²) in [5, 5.41) is 0. The zero-order valence-corrected chi connectivity index (χ0v) is 12.1. The van der Waals surface area contributed by atoms with E-state index in [2.05, 4.69) is 29.8 Å². The van der Waals surface area contributed by atoms with Crippen LogP contribution in [0.2, 0.25) is 0 Å². The Morgan fingerprint density at radius 2 is 1.88 bits per heavy atom. The van der Waals surface area contributed by atoms with Gasteiger partial charge in [-0.05, 0) is 36.5 Å². The Morgan fingerprint density at radius 1 is 1.29 bits per heavy atom. The number of carbonyl (C=O) groups is 1. The molecule has 17 heavy (non-hydrogen) atoms. The van der Waals surface area contributed by atoms with Crippen molar-refractivity contribution in [3.05, 3.63) is 33.8 Å². The minimum Gasteiger partial charge on any atom is -0.338 e. The molecule has 2 atom stereocenters. The third-order valence-electron chi connectivity index (χ3n) is 3.71. The van der Waals surface area contributed by atoms with E-state index in [0.717, 1.165) is 28.7 Å². The van der Waals surface area contributed by atoms with Crippen LogP contribution in [0.1, 0.15) is 29.8 Å². The second-order valence-corrected chi connectivity index (χ2v) is 6.04. The summed E-state index contributed by atoms with van der Waals surface area (Å²) in [5.41, 5.74) is 1.87. The van der Waals surface area contributed by atoms with Crippen LogP contribution in [0.25, 0.3) is 0 Å². The summed E-state index contributed by atoms with van der Waals surface area (Å²) in [4.78, 5) is 14.4. The fourth-order valence-corrected chi connectivity index (χ4v) is 2.65. The second-order valence-electron chi connectivity index (χ2n) is 5.12. The van der Waals surface area contributed by atoms with E-state index >= 15 is 0 Å². The average molecular weight is 296 g/mol. The highest BCUT2D eigenvalue weighted by molar-refractivity contribution is 9.10. The molecule has 1 aromatic rings. The Bertz CT molecular complexity index is 434. The van der Waals surface area contributed by atoms with E-state index in [0.29, 0.717) is 11.8 Å². The van der Waals surface area contributed by atoms with Gasteiger partial charge in [-0.2, -0.15) is 0 Å². The predicted octanol–water partition coefficient (Wildman–Crippen LogP) is 3.49. The minimum absolute atomic E-state index is 0.167. The Labute approximate surface area is 111 Å². The highest BCUT2D eigenvalue weighted by Gasteiger charge is 2.30. The molecule has 1 aliphatic rings. The van der Waals surface area contributed by atoms with Gasteiger partial charge >= 0.3 is 0 Å². The zero-order chi connectivity index (χ0) is 12.6. The number of carbonyl (C=O) groups excluding carboxylic acids is 1. The van der Waals surface area contributed by atoms with Crippen LogP contribution in [0.3, 0.4) is 0 Å². The van der Waals surface area contributed by atoms with Crippen molar-refractivity contribution in [2.75, 3.05) is 13.1 Å². The molecular formula is C14H18BrNO. The van der Waals surface area contributed by atoms with Gasteiger partial charge in [-0.1, -0.05) is 35.8 Å². The van der Waals surface area contributed by atoms with Crippen LogP contribution < -0.4 is 0 Å². The van der Waals surface area contributed by atoms with Gasteiger partial charge in [0.1, 0.15) is 0 Å². The van der Waals surface area contributed by atoms with E-state index in [1.54, 1.807) is 0 Å². The lowest BCUT2D eigenvalue weighted by atomic mass is 10.0. The quantitative estimate of drug-likeness (QED) is 0.777. The molecule has 0 saturated carbocycles. The number of hydrogen-bond acceptors (Lipinski definition) is 1. The van der Waals surface area contributed by atoms with Crippen molar-refractivity contribution in [3.8, 4) is 0 Å². The maximum Gasteiger partial charge on any atom is 0.254 e. The molecule has 1 aliphatic heterocycles. The Morgan fingerprint density at radius 3 is 2.47 bits per heavy atom. The van der Waals surface area contributed by atoms with Crippen LogP contribution in [-0.2, 0) is 0 Å². The first-order valence-corrected chi connectivity index (χ1v) is 6.83. The Balaban J connectivity index is 2.23. The second kappa shape index (κ2) is 4.81. The number of rotatable bonds is 1. The van der Waals surface area contributed by atoms with Crippen LogP contribution in [-0.4, -0.2) is 23.9 Å². The van der Waals surface area contributed by atoms with Gasteiger partial charge in [-0.3, -0.25) is 4.79 Å². The largest absolute Gasteiger partial charge is 0.338 e. The average Bonchev–Trinajstić information content (AvgIpc) is 2.62. The van der Waals surface area contributed by atoms with Crippen molar-refractivity contribution in [2.45, 2.75) is 20.8 Å². The topological polar surface area (TPSA) is 20.3 Å². The fraction of sp³-hybridized carbons (Fsp3) is 0.500. The van der Waals surface area contributed by atoms with E-state index in [-0.39, 0.29) is 5.91 Å². The lowest BCUT2D eigenvalue weighted by molar-refractivity contribution is 0.0784. The smallest absolute Gasteiger partial charge is 0.254 e. The molecule has 3 heteroatoms. The van der Waals surface area contributed by atoms with Crippen LogP contribution in [0, 0.1) is 18.8 Å². The van der Waals surface area contributed by atoms with Crippen molar-refractivity contribution < 1.29 is 4.79 Å². The molecule has 0 aliphatic carbocycles. The normalized spacial score (nSPS) is 24.1. The number of halogens is 1. The molecule has 0 aromatic heterocycles. The number of likely N-dealkylation sites (tertiary alicyclic amines) is 1. The van der Waals surface area contributed by atoms with Crippen molar-refractivity contribution in [1.82, 2.24) is 4.90 Å². The molecule has 1 fully saturated rings. The van der Waals surface area contributed by atoms with Gasteiger partial charge in [0.05, 0.1) is 0 Å². The molecule has 1 amide bonds. The van der Waals surface area contributed by atoms with Gasteiger partial charge in [0, 0.05) is 23.1 Å². The maximum absolute atomic E-state index is 12.4. The van der Waals surface area contributed by atoms with Crippen LogP contribution in [0.4, 0.5) is 0 Å². The monoisotopic (exact) mass is 295 g/mol. The fourth-order valence-electron chi connectivity index (χ4n) is 2.29. The molecule has 1 aromatic carbocycles. The van der Waals surface area contributed by atoms with E-state index in [4.69, 9.17) is 0 Å². The standard InChI is InChI=1S/C14H18BrNO/c1-9-4-5-12(15)6-13(9)14(17)16-7-10(2)11(3)8-16/h4-6,10-11H,7-8H2,1-3H3. The van der Waals surface area contributed by atoms with Gasteiger partial charge in [0.15, 0.2) is 0 Å². The van der Waals surface area contributed by atoms with Crippen molar-refractivity contribution >= 4 is 21.8 Å². The summed E-state index contributed by atoms with van der Waals surface area (Å²) in [6.07, 6.45) is 0.